The lowest BCUT2D eigenvalue weighted by atomic mass is 9.79. The van der Waals surface area contributed by atoms with Crippen LogP contribution in [0.15, 0.2) is 12.2 Å². The molecule has 0 aromatic heterocycles. The maximum Gasteiger partial charge on any atom is -0.0231 e. The van der Waals surface area contributed by atoms with Crippen molar-refractivity contribution in [3.05, 3.63) is 12.2 Å². The van der Waals surface area contributed by atoms with Crippen LogP contribution in [0.25, 0.3) is 0 Å². The van der Waals surface area contributed by atoms with Gasteiger partial charge in [-0.25, -0.2) is 0 Å². The molecule has 12 heavy (non-hydrogen) atoms. The molecule has 2 rings (SSSR count). The van der Waals surface area contributed by atoms with Gasteiger partial charge in [0.15, 0.2) is 0 Å². The fourth-order valence-corrected chi connectivity index (χ4v) is 2.87. The first kappa shape index (κ1) is 8.34. The Bertz CT molecular complexity index is 180. The lowest BCUT2D eigenvalue weighted by Crippen LogP contribution is -2.17. The van der Waals surface area contributed by atoms with E-state index in [1.165, 1.54) is 25.7 Å². The van der Waals surface area contributed by atoms with Gasteiger partial charge in [-0.05, 0) is 49.4 Å². The number of rotatable bonds is 0. The Morgan fingerprint density at radius 3 is 2.83 bits per heavy atom. The molecule has 0 heterocycles. The summed E-state index contributed by atoms with van der Waals surface area (Å²) in [6.07, 6.45) is 10.6. The maximum absolute atomic E-state index is 2.47. The van der Waals surface area contributed by atoms with Gasteiger partial charge >= 0.3 is 0 Å². The largest absolute Gasteiger partial charge is 0.0880 e. The smallest absolute Gasteiger partial charge is 0.0231 e. The van der Waals surface area contributed by atoms with Gasteiger partial charge in [0.1, 0.15) is 0 Å². The molecule has 0 saturated heterocycles. The van der Waals surface area contributed by atoms with Crippen LogP contribution in [0.4, 0.5) is 0 Å². The summed E-state index contributed by atoms with van der Waals surface area (Å²) >= 11 is 0. The molecular formula is C12H20. The van der Waals surface area contributed by atoms with Crippen molar-refractivity contribution in [1.29, 1.82) is 0 Å². The molecule has 4 unspecified atom stereocenters. The van der Waals surface area contributed by atoms with E-state index in [1.807, 2.05) is 0 Å². The molecule has 0 radical (unpaired) electrons. The Balaban J connectivity index is 2.13. The molecule has 68 valence electrons. The van der Waals surface area contributed by atoms with E-state index in [4.69, 9.17) is 0 Å². The first-order valence-electron chi connectivity index (χ1n) is 5.44. The number of hydrogen-bond acceptors (Lipinski definition) is 0. The Morgan fingerprint density at radius 2 is 2.00 bits per heavy atom. The van der Waals surface area contributed by atoms with Crippen molar-refractivity contribution in [2.24, 2.45) is 23.7 Å². The maximum atomic E-state index is 2.47. The molecule has 1 fully saturated rings. The summed E-state index contributed by atoms with van der Waals surface area (Å²) in [5.41, 5.74) is 0. The summed E-state index contributed by atoms with van der Waals surface area (Å²) in [6.45, 7) is 4.87. The quantitative estimate of drug-likeness (QED) is 0.479. The molecule has 0 heteroatoms. The number of allylic oxidation sites excluding steroid dienone is 2. The van der Waals surface area contributed by atoms with Gasteiger partial charge in [0.2, 0.25) is 0 Å². The normalized spacial score (nSPS) is 47.2. The van der Waals surface area contributed by atoms with Crippen molar-refractivity contribution < 1.29 is 0 Å². The molecule has 2 bridgehead atoms. The highest BCUT2D eigenvalue weighted by Gasteiger charge is 2.30. The average molecular weight is 164 g/mol. The fourth-order valence-electron chi connectivity index (χ4n) is 2.87. The van der Waals surface area contributed by atoms with Gasteiger partial charge in [-0.1, -0.05) is 26.0 Å². The summed E-state index contributed by atoms with van der Waals surface area (Å²) < 4.78 is 0. The lowest BCUT2D eigenvalue weighted by molar-refractivity contribution is 0.260. The van der Waals surface area contributed by atoms with Crippen LogP contribution in [0.1, 0.15) is 39.5 Å². The van der Waals surface area contributed by atoms with Crippen LogP contribution in [-0.4, -0.2) is 0 Å². The van der Waals surface area contributed by atoms with Crippen molar-refractivity contribution in [2.75, 3.05) is 0 Å². The van der Waals surface area contributed by atoms with E-state index in [0.717, 1.165) is 23.7 Å². The van der Waals surface area contributed by atoms with Crippen molar-refractivity contribution in [1.82, 2.24) is 0 Å². The van der Waals surface area contributed by atoms with Gasteiger partial charge < -0.3 is 0 Å². The van der Waals surface area contributed by atoms with Crippen LogP contribution in [0.3, 0.4) is 0 Å². The highest BCUT2D eigenvalue weighted by atomic mass is 14.4. The van der Waals surface area contributed by atoms with Gasteiger partial charge in [0.25, 0.3) is 0 Å². The van der Waals surface area contributed by atoms with E-state index in [-0.39, 0.29) is 0 Å². The predicted molar refractivity (Wildman–Crippen MR) is 52.9 cm³/mol. The standard InChI is InChI=1S/C12H20/c1-9-4-3-5-11-6-7-12(8-11)10(9)2/h3,5,9-12H,4,6-8H2,1-2H3. The Morgan fingerprint density at radius 1 is 1.17 bits per heavy atom. The SMILES string of the molecule is CC1CC=CC2CCC(C2)C1C. The summed E-state index contributed by atoms with van der Waals surface area (Å²) in [6, 6.07) is 0. The third kappa shape index (κ3) is 1.44. The van der Waals surface area contributed by atoms with Crippen molar-refractivity contribution in [2.45, 2.75) is 39.5 Å². The zero-order chi connectivity index (χ0) is 8.55. The highest BCUT2D eigenvalue weighted by molar-refractivity contribution is 4.98. The second kappa shape index (κ2) is 3.24. The van der Waals surface area contributed by atoms with Crippen LogP contribution in [-0.2, 0) is 0 Å². The van der Waals surface area contributed by atoms with E-state index in [1.54, 1.807) is 0 Å². The van der Waals surface area contributed by atoms with Gasteiger partial charge in [-0.2, -0.15) is 0 Å². The molecule has 0 aromatic rings. The lowest BCUT2D eigenvalue weighted by Gasteiger charge is -2.26. The second-order valence-electron chi connectivity index (χ2n) is 4.83. The topological polar surface area (TPSA) is 0 Å². The number of hydrogen-bond donors (Lipinski definition) is 0. The van der Waals surface area contributed by atoms with E-state index in [9.17, 15) is 0 Å². The second-order valence-corrected chi connectivity index (χ2v) is 4.83. The summed E-state index contributed by atoms with van der Waals surface area (Å²) in [5.74, 6) is 3.84. The fraction of sp³-hybridized carbons (Fsp3) is 0.833. The zero-order valence-electron chi connectivity index (χ0n) is 8.29. The minimum Gasteiger partial charge on any atom is -0.0880 e. The van der Waals surface area contributed by atoms with Gasteiger partial charge in [-0.3, -0.25) is 0 Å². The zero-order valence-corrected chi connectivity index (χ0v) is 8.29. The van der Waals surface area contributed by atoms with Crippen LogP contribution < -0.4 is 0 Å². The van der Waals surface area contributed by atoms with E-state index in [0.29, 0.717) is 0 Å². The van der Waals surface area contributed by atoms with E-state index < -0.39 is 0 Å². The monoisotopic (exact) mass is 164 g/mol. The van der Waals surface area contributed by atoms with Crippen molar-refractivity contribution >= 4 is 0 Å². The van der Waals surface area contributed by atoms with Gasteiger partial charge in [0.05, 0.1) is 0 Å². The Kier molecular flexibility index (Phi) is 2.25. The molecule has 0 spiro atoms. The van der Waals surface area contributed by atoms with Crippen LogP contribution >= 0.6 is 0 Å². The third-order valence-electron chi connectivity index (χ3n) is 4.07. The highest BCUT2D eigenvalue weighted by Crippen LogP contribution is 2.41. The molecule has 0 aliphatic heterocycles. The molecule has 0 aromatic carbocycles. The molecule has 0 N–H and O–H groups in total. The molecule has 0 amide bonds. The molecular weight excluding hydrogens is 144 g/mol. The van der Waals surface area contributed by atoms with Crippen LogP contribution in [0.5, 0.6) is 0 Å². The molecule has 0 nitrogen and oxygen atoms in total. The van der Waals surface area contributed by atoms with Crippen LogP contribution in [0, 0.1) is 23.7 Å². The first-order valence-corrected chi connectivity index (χ1v) is 5.44. The van der Waals surface area contributed by atoms with Crippen LogP contribution in [0.2, 0.25) is 0 Å². The summed E-state index contributed by atoms with van der Waals surface area (Å²) in [5, 5.41) is 0. The molecule has 2 aliphatic carbocycles. The summed E-state index contributed by atoms with van der Waals surface area (Å²) in [4.78, 5) is 0. The predicted octanol–water partition coefficient (Wildman–Crippen LogP) is 3.63. The van der Waals surface area contributed by atoms with Gasteiger partial charge in [0, 0.05) is 0 Å². The first-order chi connectivity index (χ1) is 5.77. The average Bonchev–Trinajstić information content (AvgIpc) is 2.50. The Hall–Kier alpha value is -0.260. The third-order valence-corrected chi connectivity index (χ3v) is 4.07. The minimum absolute atomic E-state index is 0.908. The minimum atomic E-state index is 0.908. The van der Waals surface area contributed by atoms with E-state index >= 15 is 0 Å². The molecule has 4 atom stereocenters. The summed E-state index contributed by atoms with van der Waals surface area (Å²) in [7, 11) is 0. The van der Waals surface area contributed by atoms with Crippen molar-refractivity contribution in [3.8, 4) is 0 Å². The van der Waals surface area contributed by atoms with Gasteiger partial charge in [-0.15, -0.1) is 0 Å². The number of fused-ring (bicyclic) bond motifs is 2. The molecule has 1 saturated carbocycles. The van der Waals surface area contributed by atoms with E-state index in [2.05, 4.69) is 26.0 Å². The van der Waals surface area contributed by atoms with Crippen molar-refractivity contribution in [3.63, 3.8) is 0 Å². The Labute approximate surface area is 76.1 Å². The molecule has 2 aliphatic rings.